The Bertz CT molecular complexity index is 338. The lowest BCUT2D eigenvalue weighted by atomic mass is 10.2. The van der Waals surface area contributed by atoms with Gasteiger partial charge in [0.05, 0.1) is 5.56 Å². The van der Waals surface area contributed by atoms with Crippen molar-refractivity contribution in [2.75, 3.05) is 13.2 Å². The molecule has 0 aliphatic rings. The van der Waals surface area contributed by atoms with Gasteiger partial charge < -0.3 is 15.2 Å². The SMILES string of the molecule is CC(C)NCC(O)COC(=O)c1ccccc1. The Morgan fingerprint density at radius 2 is 2.00 bits per heavy atom. The van der Waals surface area contributed by atoms with Gasteiger partial charge >= 0.3 is 5.97 Å². The standard InChI is InChI=1S/C13H19NO3/c1-10(2)14-8-12(15)9-17-13(16)11-6-4-3-5-7-11/h3-7,10,12,14-15H,8-9H2,1-2H3. The summed E-state index contributed by atoms with van der Waals surface area (Å²) in [7, 11) is 0. The van der Waals surface area contributed by atoms with Crippen molar-refractivity contribution in [3.8, 4) is 0 Å². The molecule has 0 bridgehead atoms. The van der Waals surface area contributed by atoms with Crippen LogP contribution in [-0.4, -0.2) is 36.4 Å². The fourth-order valence-corrected chi connectivity index (χ4v) is 1.26. The number of hydrogen-bond donors (Lipinski definition) is 2. The Morgan fingerprint density at radius 3 is 2.59 bits per heavy atom. The number of carbonyl (C=O) groups is 1. The van der Waals surface area contributed by atoms with Crippen LogP contribution in [0.4, 0.5) is 0 Å². The predicted molar refractivity (Wildman–Crippen MR) is 65.9 cm³/mol. The van der Waals surface area contributed by atoms with E-state index in [9.17, 15) is 9.90 Å². The van der Waals surface area contributed by atoms with E-state index in [0.717, 1.165) is 0 Å². The molecule has 0 amide bonds. The number of nitrogens with one attached hydrogen (secondary N) is 1. The zero-order valence-electron chi connectivity index (χ0n) is 10.2. The van der Waals surface area contributed by atoms with Gasteiger partial charge in [0.15, 0.2) is 0 Å². The summed E-state index contributed by atoms with van der Waals surface area (Å²) >= 11 is 0. The van der Waals surface area contributed by atoms with Crippen LogP contribution in [0.2, 0.25) is 0 Å². The van der Waals surface area contributed by atoms with E-state index in [2.05, 4.69) is 5.32 Å². The van der Waals surface area contributed by atoms with Gasteiger partial charge in [-0.15, -0.1) is 0 Å². The first-order valence-corrected chi connectivity index (χ1v) is 5.73. The maximum absolute atomic E-state index is 11.5. The van der Waals surface area contributed by atoms with E-state index in [1.165, 1.54) is 0 Å². The van der Waals surface area contributed by atoms with Crippen LogP contribution in [0.1, 0.15) is 24.2 Å². The van der Waals surface area contributed by atoms with E-state index >= 15 is 0 Å². The molecule has 0 saturated carbocycles. The highest BCUT2D eigenvalue weighted by Gasteiger charge is 2.10. The summed E-state index contributed by atoms with van der Waals surface area (Å²) in [4.78, 5) is 11.5. The van der Waals surface area contributed by atoms with E-state index in [-0.39, 0.29) is 6.61 Å². The van der Waals surface area contributed by atoms with Crippen LogP contribution in [-0.2, 0) is 4.74 Å². The molecule has 0 saturated heterocycles. The number of benzene rings is 1. The van der Waals surface area contributed by atoms with Gasteiger partial charge in [0.25, 0.3) is 0 Å². The molecule has 0 radical (unpaired) electrons. The molecule has 94 valence electrons. The van der Waals surface area contributed by atoms with Crippen LogP contribution in [0.25, 0.3) is 0 Å². The van der Waals surface area contributed by atoms with Gasteiger partial charge in [0, 0.05) is 12.6 Å². The molecule has 4 heteroatoms. The molecule has 0 fully saturated rings. The summed E-state index contributed by atoms with van der Waals surface area (Å²) in [6, 6.07) is 9.04. The third kappa shape index (κ3) is 5.47. The molecule has 0 aliphatic heterocycles. The molecule has 2 N–H and O–H groups in total. The topological polar surface area (TPSA) is 58.6 Å². The lowest BCUT2D eigenvalue weighted by molar-refractivity contribution is 0.0256. The second kappa shape index (κ2) is 7.04. The van der Waals surface area contributed by atoms with Gasteiger partial charge in [0.1, 0.15) is 12.7 Å². The van der Waals surface area contributed by atoms with E-state index in [4.69, 9.17) is 4.74 Å². The Balaban J connectivity index is 2.29. The van der Waals surface area contributed by atoms with E-state index in [1.807, 2.05) is 19.9 Å². The average molecular weight is 237 g/mol. The third-order valence-electron chi connectivity index (χ3n) is 2.18. The second-order valence-electron chi connectivity index (χ2n) is 4.18. The summed E-state index contributed by atoms with van der Waals surface area (Å²) in [5, 5.41) is 12.6. The molecule has 0 aliphatic carbocycles. The number of ether oxygens (including phenoxy) is 1. The normalized spacial score (nSPS) is 12.5. The fourth-order valence-electron chi connectivity index (χ4n) is 1.26. The van der Waals surface area contributed by atoms with Crippen molar-refractivity contribution in [2.45, 2.75) is 26.0 Å². The highest BCUT2D eigenvalue weighted by molar-refractivity contribution is 5.89. The second-order valence-corrected chi connectivity index (χ2v) is 4.18. The van der Waals surface area contributed by atoms with Crippen LogP contribution in [0.15, 0.2) is 30.3 Å². The molecule has 0 spiro atoms. The average Bonchev–Trinajstić information content (AvgIpc) is 2.34. The highest BCUT2D eigenvalue weighted by atomic mass is 16.5. The van der Waals surface area contributed by atoms with Gasteiger partial charge in [-0.25, -0.2) is 4.79 Å². The molecule has 0 heterocycles. The molecule has 17 heavy (non-hydrogen) atoms. The van der Waals surface area contributed by atoms with Crippen molar-refractivity contribution in [3.05, 3.63) is 35.9 Å². The minimum absolute atomic E-state index is 0.00739. The fraction of sp³-hybridized carbons (Fsp3) is 0.462. The maximum atomic E-state index is 11.5. The molecule has 4 nitrogen and oxygen atoms in total. The number of carbonyl (C=O) groups excluding carboxylic acids is 1. The third-order valence-corrected chi connectivity index (χ3v) is 2.18. The molecular formula is C13H19NO3. The maximum Gasteiger partial charge on any atom is 0.338 e. The first-order valence-electron chi connectivity index (χ1n) is 5.73. The summed E-state index contributed by atoms with van der Waals surface area (Å²) in [6.45, 7) is 4.40. The van der Waals surface area contributed by atoms with Crippen molar-refractivity contribution in [2.24, 2.45) is 0 Å². The Hall–Kier alpha value is -1.39. The van der Waals surface area contributed by atoms with Gasteiger partial charge in [-0.1, -0.05) is 32.0 Å². The Labute approximate surface area is 102 Å². The van der Waals surface area contributed by atoms with Crippen molar-refractivity contribution in [3.63, 3.8) is 0 Å². The summed E-state index contributed by atoms with van der Waals surface area (Å²) < 4.78 is 4.99. The lowest BCUT2D eigenvalue weighted by Gasteiger charge is -2.14. The Kier molecular flexibility index (Phi) is 5.66. The smallest absolute Gasteiger partial charge is 0.338 e. The van der Waals surface area contributed by atoms with Gasteiger partial charge in [0.2, 0.25) is 0 Å². The Morgan fingerprint density at radius 1 is 1.35 bits per heavy atom. The number of aliphatic hydroxyl groups is 1. The van der Waals surface area contributed by atoms with E-state index in [1.54, 1.807) is 24.3 Å². The molecule has 1 aromatic carbocycles. The summed E-state index contributed by atoms with van der Waals surface area (Å²) in [5.41, 5.74) is 0.497. The summed E-state index contributed by atoms with van der Waals surface area (Å²) in [5.74, 6) is -0.408. The first-order chi connectivity index (χ1) is 8.09. The number of aliphatic hydroxyl groups excluding tert-OH is 1. The molecule has 1 aromatic rings. The number of rotatable bonds is 6. The number of esters is 1. The van der Waals surface area contributed by atoms with Gasteiger partial charge in [-0.2, -0.15) is 0 Å². The minimum Gasteiger partial charge on any atom is -0.459 e. The van der Waals surface area contributed by atoms with Crippen LogP contribution in [0, 0.1) is 0 Å². The highest BCUT2D eigenvalue weighted by Crippen LogP contribution is 2.01. The van der Waals surface area contributed by atoms with Gasteiger partial charge in [-0.3, -0.25) is 0 Å². The largest absolute Gasteiger partial charge is 0.459 e. The summed E-state index contributed by atoms with van der Waals surface area (Å²) in [6.07, 6.45) is -0.676. The predicted octanol–water partition coefficient (Wildman–Crippen LogP) is 1.20. The monoisotopic (exact) mass is 237 g/mol. The van der Waals surface area contributed by atoms with Crippen LogP contribution < -0.4 is 5.32 Å². The van der Waals surface area contributed by atoms with Crippen molar-refractivity contribution < 1.29 is 14.6 Å². The molecular weight excluding hydrogens is 218 g/mol. The molecule has 1 unspecified atom stereocenters. The molecule has 1 atom stereocenters. The first kappa shape index (κ1) is 13.7. The zero-order chi connectivity index (χ0) is 12.7. The van der Waals surface area contributed by atoms with Crippen molar-refractivity contribution in [1.82, 2.24) is 5.32 Å². The quantitative estimate of drug-likeness (QED) is 0.730. The van der Waals surface area contributed by atoms with Crippen LogP contribution >= 0.6 is 0 Å². The van der Waals surface area contributed by atoms with E-state index < -0.39 is 12.1 Å². The number of hydrogen-bond acceptors (Lipinski definition) is 4. The van der Waals surface area contributed by atoms with Crippen LogP contribution in [0.5, 0.6) is 0 Å². The van der Waals surface area contributed by atoms with E-state index in [0.29, 0.717) is 18.2 Å². The van der Waals surface area contributed by atoms with Crippen molar-refractivity contribution in [1.29, 1.82) is 0 Å². The molecule has 1 rings (SSSR count). The van der Waals surface area contributed by atoms with Gasteiger partial charge in [-0.05, 0) is 12.1 Å². The minimum atomic E-state index is -0.676. The molecule has 0 aromatic heterocycles. The lowest BCUT2D eigenvalue weighted by Crippen LogP contribution is -2.35. The van der Waals surface area contributed by atoms with Crippen molar-refractivity contribution >= 4 is 5.97 Å². The van der Waals surface area contributed by atoms with Crippen LogP contribution in [0.3, 0.4) is 0 Å². The zero-order valence-corrected chi connectivity index (χ0v) is 10.2.